The van der Waals surface area contributed by atoms with Crippen molar-refractivity contribution in [2.75, 3.05) is 0 Å². The molecule has 0 spiro atoms. The zero-order valence-corrected chi connectivity index (χ0v) is 9.61. The van der Waals surface area contributed by atoms with Crippen molar-refractivity contribution >= 4 is 62.6 Å². The normalized spacial score (nSPS) is 9.11. The molecule has 0 aliphatic heterocycles. The van der Waals surface area contributed by atoms with E-state index in [0.29, 0.717) is 0 Å². The van der Waals surface area contributed by atoms with Gasteiger partial charge in [0.2, 0.25) is 0 Å². The fourth-order valence-electron chi connectivity index (χ4n) is 0.481. The Morgan fingerprint density at radius 3 is 2.78 bits per heavy atom. The number of thiophene rings is 1. The van der Waals surface area contributed by atoms with Crippen molar-refractivity contribution in [2.24, 2.45) is 0 Å². The number of hydrogen-bond acceptors (Lipinski definition) is 1. The molecule has 0 aliphatic rings. The van der Waals surface area contributed by atoms with Crippen LogP contribution < -0.4 is 0 Å². The summed E-state index contributed by atoms with van der Waals surface area (Å²) in [4.78, 5) is 1.33. The zero-order valence-electron chi connectivity index (χ0n) is 4.47. The lowest BCUT2D eigenvalue weighted by atomic mass is 10.5. The first kappa shape index (κ1) is 8.00. The minimum absolute atomic E-state index is 1.30. The molecule has 0 atom stereocenters. The van der Waals surface area contributed by atoms with Crippen molar-refractivity contribution in [1.82, 2.24) is 0 Å². The van der Waals surface area contributed by atoms with Crippen LogP contribution >= 0.6 is 56.5 Å². The molecule has 1 heterocycles. The average molecular weight is 362 g/mol. The summed E-state index contributed by atoms with van der Waals surface area (Å²) in [5.74, 6) is 0. The first-order chi connectivity index (χ1) is 4.29. The van der Waals surface area contributed by atoms with Crippen LogP contribution in [-0.2, 0) is 0 Å². The Hall–Kier alpha value is 0.900. The second-order valence-electron chi connectivity index (χ2n) is 1.45. The largest absolute Gasteiger partial charge is 0.144 e. The molecule has 1 rings (SSSR count). The van der Waals surface area contributed by atoms with E-state index in [1.807, 2.05) is 0 Å². The van der Waals surface area contributed by atoms with Crippen molar-refractivity contribution in [3.05, 3.63) is 24.0 Å². The van der Waals surface area contributed by atoms with Gasteiger partial charge in [-0.1, -0.05) is 6.07 Å². The molecule has 0 unspecified atom stereocenters. The van der Waals surface area contributed by atoms with Gasteiger partial charge in [-0.25, -0.2) is 0 Å². The van der Waals surface area contributed by atoms with E-state index in [4.69, 9.17) is 0 Å². The van der Waals surface area contributed by atoms with Crippen molar-refractivity contribution in [2.45, 2.75) is 0 Å². The van der Waals surface area contributed by atoms with Crippen LogP contribution in [0.15, 0.2) is 19.1 Å². The third-order valence-corrected chi connectivity index (χ3v) is 2.24. The third kappa shape index (κ3) is 2.99. The van der Waals surface area contributed by atoms with Gasteiger partial charge in [0.15, 0.2) is 0 Å². The molecule has 0 saturated carbocycles. The Morgan fingerprint density at radius 2 is 2.33 bits per heavy atom. The lowest BCUT2D eigenvalue weighted by Crippen LogP contribution is -1.53. The van der Waals surface area contributed by atoms with Gasteiger partial charge in [-0.15, -0.1) is 11.3 Å². The van der Waals surface area contributed by atoms with Gasteiger partial charge in [0.05, 0.1) is 1.59 Å². The summed E-state index contributed by atoms with van der Waals surface area (Å²) in [6.07, 6.45) is 2.16. The summed E-state index contributed by atoms with van der Waals surface area (Å²) < 4.78 is 1.30. The smallest absolute Gasteiger partial charge is 0.0528 e. The van der Waals surface area contributed by atoms with E-state index in [0.717, 1.165) is 0 Å². The van der Waals surface area contributed by atoms with Crippen LogP contribution in [0.3, 0.4) is 0 Å². The van der Waals surface area contributed by atoms with Crippen LogP contribution in [0.1, 0.15) is 4.88 Å². The third-order valence-electron chi connectivity index (χ3n) is 0.795. The SMILES string of the molecule is IC(I)=Cc1cccs1. The Bertz CT molecular complexity index is 197. The highest BCUT2D eigenvalue weighted by Gasteiger charge is 1.86. The van der Waals surface area contributed by atoms with Crippen LogP contribution in [0.4, 0.5) is 0 Å². The fourth-order valence-corrected chi connectivity index (χ4v) is 2.23. The molecule has 0 nitrogen and oxygen atoms in total. The molecule has 0 fully saturated rings. The predicted octanol–water partition coefficient (Wildman–Crippen LogP) is 3.92. The van der Waals surface area contributed by atoms with E-state index >= 15 is 0 Å². The molecule has 9 heavy (non-hydrogen) atoms. The summed E-state index contributed by atoms with van der Waals surface area (Å²) in [7, 11) is 0. The molecule has 0 amide bonds. The van der Waals surface area contributed by atoms with Crippen molar-refractivity contribution < 1.29 is 0 Å². The molecule has 48 valence electrons. The van der Waals surface area contributed by atoms with E-state index in [1.54, 1.807) is 11.3 Å². The highest BCUT2D eigenvalue weighted by atomic mass is 127. The Balaban J connectivity index is 2.80. The quantitative estimate of drug-likeness (QED) is 0.665. The van der Waals surface area contributed by atoms with Crippen LogP contribution in [0.25, 0.3) is 6.08 Å². The van der Waals surface area contributed by atoms with Gasteiger partial charge in [0, 0.05) is 4.88 Å². The van der Waals surface area contributed by atoms with Gasteiger partial charge in [0.25, 0.3) is 0 Å². The summed E-state index contributed by atoms with van der Waals surface area (Å²) in [5, 5.41) is 2.09. The summed E-state index contributed by atoms with van der Waals surface area (Å²) in [5.41, 5.74) is 0. The molecule has 0 aliphatic carbocycles. The number of hydrogen-bond donors (Lipinski definition) is 0. The van der Waals surface area contributed by atoms with Gasteiger partial charge in [-0.3, -0.25) is 0 Å². The maximum absolute atomic E-state index is 2.30. The Morgan fingerprint density at radius 1 is 1.56 bits per heavy atom. The van der Waals surface area contributed by atoms with Gasteiger partial charge >= 0.3 is 0 Å². The molecule has 0 saturated heterocycles. The topological polar surface area (TPSA) is 0 Å². The Labute approximate surface area is 85.6 Å². The molecule has 1 aromatic heterocycles. The second kappa shape index (κ2) is 3.92. The molecule has 0 bridgehead atoms. The lowest BCUT2D eigenvalue weighted by Gasteiger charge is -1.80. The monoisotopic (exact) mass is 362 g/mol. The average Bonchev–Trinajstić information content (AvgIpc) is 2.15. The van der Waals surface area contributed by atoms with E-state index in [1.165, 1.54) is 6.46 Å². The minimum Gasteiger partial charge on any atom is -0.144 e. The van der Waals surface area contributed by atoms with Crippen LogP contribution in [0, 0.1) is 0 Å². The maximum Gasteiger partial charge on any atom is 0.0528 e. The standard InChI is InChI=1S/C6H4I2S/c7-6(8)4-5-2-1-3-9-5/h1-4H. The first-order valence-corrected chi connectivity index (χ1v) is 5.39. The van der Waals surface area contributed by atoms with E-state index < -0.39 is 0 Å². The fraction of sp³-hybridized carbons (Fsp3) is 0. The van der Waals surface area contributed by atoms with Crippen LogP contribution in [-0.4, -0.2) is 0 Å². The lowest BCUT2D eigenvalue weighted by molar-refractivity contribution is 1.96. The highest BCUT2D eigenvalue weighted by molar-refractivity contribution is 14.2. The number of rotatable bonds is 1. The number of halogens is 2. The summed E-state index contributed by atoms with van der Waals surface area (Å²) >= 11 is 6.36. The maximum atomic E-state index is 2.30. The molecule has 3 heteroatoms. The Kier molecular flexibility index (Phi) is 3.49. The van der Waals surface area contributed by atoms with Gasteiger partial charge in [-0.2, -0.15) is 0 Å². The molecule has 0 N–H and O–H groups in total. The predicted molar refractivity (Wildman–Crippen MR) is 60.3 cm³/mol. The van der Waals surface area contributed by atoms with Crippen LogP contribution in [0.2, 0.25) is 0 Å². The van der Waals surface area contributed by atoms with Crippen molar-refractivity contribution in [3.63, 3.8) is 0 Å². The second-order valence-corrected chi connectivity index (χ2v) is 6.82. The minimum atomic E-state index is 1.30. The highest BCUT2D eigenvalue weighted by Crippen LogP contribution is 2.21. The molecule has 0 radical (unpaired) electrons. The molecular formula is C6H4I2S. The van der Waals surface area contributed by atoms with Crippen molar-refractivity contribution in [1.29, 1.82) is 0 Å². The van der Waals surface area contributed by atoms with E-state index in [2.05, 4.69) is 68.8 Å². The van der Waals surface area contributed by atoms with Gasteiger partial charge < -0.3 is 0 Å². The van der Waals surface area contributed by atoms with E-state index in [-0.39, 0.29) is 0 Å². The zero-order chi connectivity index (χ0) is 6.69. The molecule has 0 aromatic carbocycles. The van der Waals surface area contributed by atoms with Gasteiger partial charge in [-0.05, 0) is 62.7 Å². The van der Waals surface area contributed by atoms with Gasteiger partial charge in [0.1, 0.15) is 0 Å². The summed E-state index contributed by atoms with van der Waals surface area (Å²) in [6.45, 7) is 0. The first-order valence-electron chi connectivity index (χ1n) is 2.35. The molecular weight excluding hydrogens is 358 g/mol. The van der Waals surface area contributed by atoms with E-state index in [9.17, 15) is 0 Å². The summed E-state index contributed by atoms with van der Waals surface area (Å²) in [6, 6.07) is 4.18. The van der Waals surface area contributed by atoms with Crippen molar-refractivity contribution in [3.8, 4) is 0 Å². The molecule has 1 aromatic rings. The van der Waals surface area contributed by atoms with Crippen LogP contribution in [0.5, 0.6) is 0 Å².